The summed E-state index contributed by atoms with van der Waals surface area (Å²) in [7, 11) is 0. The number of hydrogen-bond donors (Lipinski definition) is 1. The molecule has 4 heteroatoms. The minimum atomic E-state index is 0.828. The van der Waals surface area contributed by atoms with Gasteiger partial charge in [0, 0.05) is 38.4 Å². The molecule has 136 valence electrons. The van der Waals surface area contributed by atoms with Gasteiger partial charge in [-0.15, -0.1) is 0 Å². The Morgan fingerprint density at radius 2 is 1.69 bits per heavy atom. The van der Waals surface area contributed by atoms with E-state index in [0.717, 1.165) is 49.9 Å². The zero-order valence-electron chi connectivity index (χ0n) is 15.4. The zero-order chi connectivity index (χ0) is 18.2. The van der Waals surface area contributed by atoms with Crippen LogP contribution in [-0.4, -0.2) is 47.6 Å². The lowest BCUT2D eigenvalue weighted by molar-refractivity contribution is 0.200. The molecule has 3 nitrogen and oxygen atoms in total. The molecule has 26 heavy (non-hydrogen) atoms. The molecule has 0 amide bonds. The lowest BCUT2D eigenvalue weighted by Crippen LogP contribution is -2.49. The molecular formula is C22H27N3S. The summed E-state index contributed by atoms with van der Waals surface area (Å²) in [6.45, 7) is 7.17. The Labute approximate surface area is 162 Å². The fourth-order valence-electron chi connectivity index (χ4n) is 3.06. The quantitative estimate of drug-likeness (QED) is 0.797. The number of aryl methyl sites for hydroxylation is 1. The summed E-state index contributed by atoms with van der Waals surface area (Å²) in [4.78, 5) is 4.73. The van der Waals surface area contributed by atoms with Gasteiger partial charge in [-0.2, -0.15) is 0 Å². The molecule has 0 atom stereocenters. The van der Waals surface area contributed by atoms with Crippen molar-refractivity contribution >= 4 is 29.1 Å². The van der Waals surface area contributed by atoms with Crippen LogP contribution in [0.2, 0.25) is 0 Å². The highest BCUT2D eigenvalue weighted by Gasteiger charge is 2.18. The third kappa shape index (κ3) is 5.41. The first-order chi connectivity index (χ1) is 12.7. The van der Waals surface area contributed by atoms with Crippen LogP contribution >= 0.6 is 12.2 Å². The van der Waals surface area contributed by atoms with E-state index in [-0.39, 0.29) is 0 Å². The molecule has 0 unspecified atom stereocenters. The number of benzene rings is 2. The van der Waals surface area contributed by atoms with Gasteiger partial charge in [0.05, 0.1) is 0 Å². The predicted octanol–water partition coefficient (Wildman–Crippen LogP) is 4.28. The van der Waals surface area contributed by atoms with E-state index in [0.29, 0.717) is 0 Å². The van der Waals surface area contributed by atoms with Gasteiger partial charge < -0.3 is 10.2 Å². The van der Waals surface area contributed by atoms with Crippen molar-refractivity contribution in [2.24, 2.45) is 0 Å². The molecule has 0 aliphatic carbocycles. The van der Waals surface area contributed by atoms with Gasteiger partial charge in [-0.25, -0.2) is 0 Å². The summed E-state index contributed by atoms with van der Waals surface area (Å²) in [5.41, 5.74) is 3.67. The van der Waals surface area contributed by atoms with Crippen molar-refractivity contribution < 1.29 is 0 Å². The predicted molar refractivity (Wildman–Crippen MR) is 116 cm³/mol. The van der Waals surface area contributed by atoms with Gasteiger partial charge in [0.15, 0.2) is 5.11 Å². The molecule has 3 rings (SSSR count). The monoisotopic (exact) mass is 365 g/mol. The summed E-state index contributed by atoms with van der Waals surface area (Å²) in [5, 5.41) is 4.19. The number of thiocarbonyl (C=S) groups is 1. The number of piperazine rings is 1. The Morgan fingerprint density at radius 1 is 1.00 bits per heavy atom. The fraction of sp³-hybridized carbons (Fsp3) is 0.318. The number of nitrogens with one attached hydrogen (secondary N) is 1. The maximum Gasteiger partial charge on any atom is 0.173 e. The number of anilines is 1. The Morgan fingerprint density at radius 3 is 2.35 bits per heavy atom. The fourth-order valence-corrected chi connectivity index (χ4v) is 3.36. The summed E-state index contributed by atoms with van der Waals surface area (Å²) in [6.07, 6.45) is 5.50. The number of nitrogens with zero attached hydrogens (tertiary/aromatic N) is 2. The van der Waals surface area contributed by atoms with Crippen LogP contribution in [0.1, 0.15) is 18.1 Å². The maximum absolute atomic E-state index is 5.59. The molecule has 1 saturated heterocycles. The van der Waals surface area contributed by atoms with Crippen molar-refractivity contribution in [2.75, 3.05) is 38.0 Å². The molecule has 1 heterocycles. The topological polar surface area (TPSA) is 18.5 Å². The molecule has 0 bridgehead atoms. The molecule has 1 aliphatic heterocycles. The second kappa shape index (κ2) is 9.51. The Kier molecular flexibility index (Phi) is 6.81. The minimum Gasteiger partial charge on any atom is -0.346 e. The number of rotatable bonds is 5. The van der Waals surface area contributed by atoms with Crippen LogP contribution in [0.5, 0.6) is 0 Å². The second-order valence-electron chi connectivity index (χ2n) is 6.58. The molecule has 0 spiro atoms. The molecule has 1 N–H and O–H groups in total. The van der Waals surface area contributed by atoms with Crippen molar-refractivity contribution in [3.63, 3.8) is 0 Å². The van der Waals surface area contributed by atoms with E-state index < -0.39 is 0 Å². The van der Waals surface area contributed by atoms with E-state index in [4.69, 9.17) is 12.2 Å². The van der Waals surface area contributed by atoms with Crippen LogP contribution in [-0.2, 0) is 6.42 Å². The Balaban J connectivity index is 1.42. The average Bonchev–Trinajstić information content (AvgIpc) is 2.70. The standard InChI is InChI=1S/C22H27N3S/c1-2-19-10-12-21(13-11-19)23-22(26)25-17-15-24(16-18-25)14-6-9-20-7-4-3-5-8-20/h3-13H,2,14-18H2,1H3,(H,23,26)/b9-6+. The third-order valence-corrected chi connectivity index (χ3v) is 5.11. The highest BCUT2D eigenvalue weighted by Crippen LogP contribution is 2.12. The Hall–Kier alpha value is -2.17. The van der Waals surface area contributed by atoms with Crippen LogP contribution in [0.15, 0.2) is 60.7 Å². The van der Waals surface area contributed by atoms with Crippen LogP contribution in [0.4, 0.5) is 5.69 Å². The highest BCUT2D eigenvalue weighted by molar-refractivity contribution is 7.80. The third-order valence-electron chi connectivity index (χ3n) is 4.75. The van der Waals surface area contributed by atoms with Gasteiger partial charge in [0.1, 0.15) is 0 Å². The molecule has 1 fully saturated rings. The zero-order valence-corrected chi connectivity index (χ0v) is 16.2. The first kappa shape index (κ1) is 18.6. The first-order valence-corrected chi connectivity index (χ1v) is 9.74. The molecule has 0 saturated carbocycles. The van der Waals surface area contributed by atoms with Crippen LogP contribution in [0.3, 0.4) is 0 Å². The molecular weight excluding hydrogens is 338 g/mol. The first-order valence-electron chi connectivity index (χ1n) is 9.33. The van der Waals surface area contributed by atoms with E-state index in [9.17, 15) is 0 Å². The minimum absolute atomic E-state index is 0.828. The van der Waals surface area contributed by atoms with Crippen LogP contribution < -0.4 is 5.32 Å². The van der Waals surface area contributed by atoms with Crippen molar-refractivity contribution in [3.05, 3.63) is 71.8 Å². The van der Waals surface area contributed by atoms with Crippen LogP contribution in [0, 0.1) is 0 Å². The molecule has 0 radical (unpaired) electrons. The second-order valence-corrected chi connectivity index (χ2v) is 6.97. The van der Waals surface area contributed by atoms with Gasteiger partial charge in [-0.05, 0) is 41.9 Å². The molecule has 0 aromatic heterocycles. The lowest BCUT2D eigenvalue weighted by atomic mass is 10.1. The SMILES string of the molecule is CCc1ccc(NC(=S)N2CCN(C/C=C/c3ccccc3)CC2)cc1. The van der Waals surface area contributed by atoms with Crippen molar-refractivity contribution in [3.8, 4) is 0 Å². The van der Waals surface area contributed by atoms with E-state index in [2.05, 4.69) is 82.7 Å². The molecule has 1 aliphatic rings. The smallest absolute Gasteiger partial charge is 0.173 e. The van der Waals surface area contributed by atoms with Gasteiger partial charge in [0.25, 0.3) is 0 Å². The van der Waals surface area contributed by atoms with E-state index in [1.807, 2.05) is 6.07 Å². The van der Waals surface area contributed by atoms with Gasteiger partial charge in [0.2, 0.25) is 0 Å². The summed E-state index contributed by atoms with van der Waals surface area (Å²) < 4.78 is 0. The molecule has 2 aromatic carbocycles. The average molecular weight is 366 g/mol. The number of hydrogen-bond acceptors (Lipinski definition) is 2. The summed E-state index contributed by atoms with van der Waals surface area (Å²) in [5.74, 6) is 0. The van der Waals surface area contributed by atoms with E-state index >= 15 is 0 Å². The largest absolute Gasteiger partial charge is 0.346 e. The summed E-state index contributed by atoms with van der Waals surface area (Å²) >= 11 is 5.59. The van der Waals surface area contributed by atoms with Gasteiger partial charge >= 0.3 is 0 Å². The van der Waals surface area contributed by atoms with E-state index in [1.165, 1.54) is 11.1 Å². The van der Waals surface area contributed by atoms with Crippen LogP contribution in [0.25, 0.3) is 6.08 Å². The van der Waals surface area contributed by atoms with Crippen molar-refractivity contribution in [2.45, 2.75) is 13.3 Å². The van der Waals surface area contributed by atoms with Crippen molar-refractivity contribution in [1.29, 1.82) is 0 Å². The highest BCUT2D eigenvalue weighted by atomic mass is 32.1. The maximum atomic E-state index is 5.59. The molecule has 2 aromatic rings. The van der Waals surface area contributed by atoms with Crippen molar-refractivity contribution in [1.82, 2.24) is 9.80 Å². The van der Waals surface area contributed by atoms with E-state index in [1.54, 1.807) is 0 Å². The lowest BCUT2D eigenvalue weighted by Gasteiger charge is -2.35. The normalized spacial score (nSPS) is 15.3. The van der Waals surface area contributed by atoms with Gasteiger partial charge in [-0.3, -0.25) is 4.90 Å². The Bertz CT molecular complexity index is 717. The summed E-state index contributed by atoms with van der Waals surface area (Å²) in [6, 6.07) is 19.0. The van der Waals surface area contributed by atoms with Gasteiger partial charge in [-0.1, -0.05) is 61.5 Å².